The third kappa shape index (κ3) is 4.33. The van der Waals surface area contributed by atoms with Gasteiger partial charge in [0.15, 0.2) is 5.82 Å². The number of anilines is 1. The standard InChI is InChI=1S/C22H21F6N7O/c1-10-13(20(36)33-16-8-34(7-15(16)23)6-12-4-21(12,24)25)2-11(5-30-10)17-3-14(22(26,27)28)18-19(29)31-9-32-35(17)18/h2-3,5,9,12,15-16H,4,6-8H2,1H3,(H,33,36)(H2,29,31,32)/t12?,15-,16+/m0/s1. The van der Waals surface area contributed by atoms with Crippen LogP contribution in [0.5, 0.6) is 0 Å². The summed E-state index contributed by atoms with van der Waals surface area (Å²) in [6, 6.07) is 1.25. The summed E-state index contributed by atoms with van der Waals surface area (Å²) >= 11 is 0. The second kappa shape index (κ2) is 8.32. The molecule has 192 valence electrons. The maximum absolute atomic E-state index is 14.6. The molecular formula is C22H21F6N7O. The Bertz CT molecular complexity index is 1340. The second-order valence-corrected chi connectivity index (χ2v) is 9.18. The third-order valence-electron chi connectivity index (χ3n) is 6.59. The van der Waals surface area contributed by atoms with Gasteiger partial charge in [-0.25, -0.2) is 22.7 Å². The molecule has 4 heterocycles. The minimum atomic E-state index is -4.74. The fourth-order valence-corrected chi connectivity index (χ4v) is 4.54. The molecule has 36 heavy (non-hydrogen) atoms. The molecule has 2 fully saturated rings. The summed E-state index contributed by atoms with van der Waals surface area (Å²) < 4.78 is 82.8. The molecule has 3 N–H and O–H groups in total. The number of nitrogens with one attached hydrogen (secondary N) is 1. The number of halogens is 6. The Balaban J connectivity index is 1.40. The monoisotopic (exact) mass is 513 g/mol. The van der Waals surface area contributed by atoms with Crippen molar-refractivity contribution in [2.75, 3.05) is 25.4 Å². The maximum atomic E-state index is 14.6. The van der Waals surface area contributed by atoms with Gasteiger partial charge < -0.3 is 11.1 Å². The minimum absolute atomic E-state index is 0.0197. The Morgan fingerprint density at radius 2 is 1.97 bits per heavy atom. The maximum Gasteiger partial charge on any atom is 0.418 e. The van der Waals surface area contributed by atoms with E-state index in [1.54, 1.807) is 4.90 Å². The average molecular weight is 513 g/mol. The van der Waals surface area contributed by atoms with E-state index in [-0.39, 0.29) is 54.4 Å². The number of pyridine rings is 1. The number of nitrogen functional groups attached to an aromatic ring is 1. The van der Waals surface area contributed by atoms with Crippen LogP contribution in [0, 0.1) is 12.8 Å². The number of aromatic nitrogens is 4. The lowest BCUT2D eigenvalue weighted by atomic mass is 10.1. The van der Waals surface area contributed by atoms with Gasteiger partial charge in [-0.3, -0.25) is 14.7 Å². The molecule has 8 nitrogen and oxygen atoms in total. The summed E-state index contributed by atoms with van der Waals surface area (Å²) in [6.07, 6.45) is -4.13. The van der Waals surface area contributed by atoms with Gasteiger partial charge in [0.05, 0.1) is 28.6 Å². The number of carbonyl (C=O) groups is 1. The highest BCUT2D eigenvalue weighted by atomic mass is 19.4. The van der Waals surface area contributed by atoms with E-state index in [4.69, 9.17) is 5.73 Å². The van der Waals surface area contributed by atoms with E-state index >= 15 is 0 Å². The van der Waals surface area contributed by atoms with Gasteiger partial charge in [0, 0.05) is 43.7 Å². The van der Waals surface area contributed by atoms with Crippen LogP contribution in [0.2, 0.25) is 0 Å². The molecule has 1 aliphatic carbocycles. The highest BCUT2D eigenvalue weighted by molar-refractivity contribution is 5.96. The summed E-state index contributed by atoms with van der Waals surface area (Å²) in [5.41, 5.74) is 4.62. The van der Waals surface area contributed by atoms with Crippen LogP contribution in [0.1, 0.15) is 28.0 Å². The van der Waals surface area contributed by atoms with Crippen LogP contribution >= 0.6 is 0 Å². The largest absolute Gasteiger partial charge is 0.418 e. The summed E-state index contributed by atoms with van der Waals surface area (Å²) in [7, 11) is 0. The van der Waals surface area contributed by atoms with Gasteiger partial charge in [-0.05, 0) is 19.1 Å². The van der Waals surface area contributed by atoms with E-state index < -0.39 is 47.2 Å². The molecule has 5 rings (SSSR count). The quantitative estimate of drug-likeness (QED) is 0.509. The second-order valence-electron chi connectivity index (χ2n) is 9.18. The van der Waals surface area contributed by atoms with E-state index in [0.717, 1.165) is 16.9 Å². The topological polar surface area (TPSA) is 101 Å². The number of alkyl halides is 6. The lowest BCUT2D eigenvalue weighted by Crippen LogP contribution is -2.41. The normalized spacial score (nSPS) is 23.8. The van der Waals surface area contributed by atoms with Gasteiger partial charge >= 0.3 is 6.18 Å². The molecule has 1 saturated carbocycles. The number of nitrogens with two attached hydrogens (primary N) is 1. The Labute approximate surface area is 200 Å². The number of amides is 1. The molecular weight excluding hydrogens is 492 g/mol. The molecule has 2 aliphatic rings. The number of hydrogen-bond acceptors (Lipinski definition) is 6. The van der Waals surface area contributed by atoms with Gasteiger partial charge in [0.1, 0.15) is 18.0 Å². The first-order chi connectivity index (χ1) is 16.8. The number of nitrogens with zero attached hydrogens (tertiary/aromatic N) is 5. The summed E-state index contributed by atoms with van der Waals surface area (Å²) in [6.45, 7) is 1.56. The number of fused-ring (bicyclic) bond motifs is 1. The Morgan fingerprint density at radius 1 is 1.25 bits per heavy atom. The zero-order valence-corrected chi connectivity index (χ0v) is 18.9. The van der Waals surface area contributed by atoms with Gasteiger partial charge in [-0.2, -0.15) is 18.3 Å². The fraction of sp³-hybridized carbons (Fsp3) is 0.455. The zero-order valence-electron chi connectivity index (χ0n) is 18.9. The smallest absolute Gasteiger partial charge is 0.382 e. The van der Waals surface area contributed by atoms with E-state index in [1.807, 2.05) is 0 Å². The van der Waals surface area contributed by atoms with Crippen molar-refractivity contribution in [2.24, 2.45) is 5.92 Å². The van der Waals surface area contributed by atoms with Gasteiger partial charge in [-0.15, -0.1) is 0 Å². The molecule has 0 bridgehead atoms. The molecule has 1 saturated heterocycles. The highest BCUT2D eigenvalue weighted by Crippen LogP contribution is 2.49. The molecule has 1 unspecified atom stereocenters. The van der Waals surface area contributed by atoms with E-state index in [2.05, 4.69) is 20.4 Å². The fourth-order valence-electron chi connectivity index (χ4n) is 4.54. The average Bonchev–Trinajstić information content (AvgIpc) is 3.09. The van der Waals surface area contributed by atoms with Crippen LogP contribution < -0.4 is 11.1 Å². The van der Waals surface area contributed by atoms with Crippen molar-refractivity contribution in [1.29, 1.82) is 0 Å². The predicted molar refractivity (Wildman–Crippen MR) is 116 cm³/mol. The Morgan fingerprint density at radius 3 is 2.64 bits per heavy atom. The van der Waals surface area contributed by atoms with E-state index in [9.17, 15) is 31.1 Å². The van der Waals surface area contributed by atoms with Gasteiger partial charge in [-0.1, -0.05) is 0 Å². The van der Waals surface area contributed by atoms with Crippen LogP contribution in [0.3, 0.4) is 0 Å². The van der Waals surface area contributed by atoms with Gasteiger partial charge in [0.2, 0.25) is 0 Å². The first kappa shape index (κ1) is 24.3. The number of likely N-dealkylation sites (tertiary alicyclic amines) is 1. The molecule has 3 aromatic heterocycles. The minimum Gasteiger partial charge on any atom is -0.382 e. The molecule has 1 aliphatic heterocycles. The molecule has 14 heteroatoms. The van der Waals surface area contributed by atoms with Crippen molar-refractivity contribution in [3.8, 4) is 11.3 Å². The number of aryl methyl sites for hydroxylation is 1. The van der Waals surface area contributed by atoms with Crippen LogP contribution in [0.25, 0.3) is 16.8 Å². The van der Waals surface area contributed by atoms with Crippen molar-refractivity contribution in [2.45, 2.75) is 37.7 Å². The van der Waals surface area contributed by atoms with Crippen LogP contribution in [-0.2, 0) is 6.18 Å². The van der Waals surface area contributed by atoms with Gasteiger partial charge in [0.25, 0.3) is 11.8 Å². The molecule has 3 aromatic rings. The van der Waals surface area contributed by atoms with Crippen LogP contribution in [0.4, 0.5) is 32.2 Å². The lowest BCUT2D eigenvalue weighted by molar-refractivity contribution is -0.136. The van der Waals surface area contributed by atoms with E-state index in [0.29, 0.717) is 0 Å². The Hall–Kier alpha value is -3.42. The first-order valence-corrected chi connectivity index (χ1v) is 11.1. The first-order valence-electron chi connectivity index (χ1n) is 11.1. The van der Waals surface area contributed by atoms with Crippen LogP contribution in [0.15, 0.2) is 24.7 Å². The lowest BCUT2D eigenvalue weighted by Gasteiger charge is -2.17. The summed E-state index contributed by atoms with van der Waals surface area (Å²) in [5, 5.41) is 6.45. The van der Waals surface area contributed by atoms with Crippen molar-refractivity contribution in [1.82, 2.24) is 29.8 Å². The molecule has 0 aromatic carbocycles. The molecule has 3 atom stereocenters. The van der Waals surface area contributed by atoms with Crippen LogP contribution in [-0.4, -0.2) is 68.2 Å². The van der Waals surface area contributed by atoms with Crippen molar-refractivity contribution < 1.29 is 31.1 Å². The number of rotatable bonds is 5. The zero-order chi connectivity index (χ0) is 26.0. The molecule has 1 amide bonds. The van der Waals surface area contributed by atoms with E-state index in [1.165, 1.54) is 19.2 Å². The van der Waals surface area contributed by atoms with Crippen molar-refractivity contribution >= 4 is 17.2 Å². The Kier molecular flexibility index (Phi) is 5.61. The number of hydrogen-bond donors (Lipinski definition) is 2. The van der Waals surface area contributed by atoms with Crippen molar-refractivity contribution in [3.05, 3.63) is 41.5 Å². The third-order valence-corrected chi connectivity index (χ3v) is 6.59. The molecule has 0 spiro atoms. The highest BCUT2D eigenvalue weighted by Gasteiger charge is 2.57. The van der Waals surface area contributed by atoms with Crippen molar-refractivity contribution in [3.63, 3.8) is 0 Å². The molecule has 0 radical (unpaired) electrons. The predicted octanol–water partition coefficient (Wildman–Crippen LogP) is 3.11. The summed E-state index contributed by atoms with van der Waals surface area (Å²) in [5.74, 6) is -4.58. The SMILES string of the molecule is Cc1ncc(-c2cc(C(F)(F)F)c3c(N)ncnn23)cc1C(=O)N[C@@H]1CN(CC2CC2(F)F)C[C@@H]1F. The summed E-state index contributed by atoms with van der Waals surface area (Å²) in [4.78, 5) is 22.3. The number of carbonyl (C=O) groups excluding carboxylic acids is 1.